The molecule has 3 aromatic rings. The van der Waals surface area contributed by atoms with Crippen molar-refractivity contribution in [2.24, 2.45) is 0 Å². The molecule has 0 amide bonds. The number of H-pyrrole nitrogens is 1. The fourth-order valence-electron chi connectivity index (χ4n) is 2.52. The summed E-state index contributed by atoms with van der Waals surface area (Å²) in [6.45, 7) is 1.87. The minimum Gasteiger partial charge on any atom is -0.384 e. The van der Waals surface area contributed by atoms with Crippen LogP contribution in [0.5, 0.6) is 0 Å². The number of benzene rings is 2. The van der Waals surface area contributed by atoms with Gasteiger partial charge in [0.05, 0.1) is 0 Å². The fourth-order valence-corrected chi connectivity index (χ4v) is 2.52. The average molecular weight is 281 g/mol. The first kappa shape index (κ1) is 13.6. The molecule has 0 fully saturated rings. The van der Waals surface area contributed by atoms with E-state index in [4.69, 9.17) is 0 Å². The highest BCUT2D eigenvalue weighted by Crippen LogP contribution is 2.24. The van der Waals surface area contributed by atoms with Crippen LogP contribution in [0.25, 0.3) is 21.7 Å². The lowest BCUT2D eigenvalue weighted by Gasteiger charge is -2.12. The first-order chi connectivity index (χ1) is 10.1. The highest BCUT2D eigenvalue weighted by atomic mass is 16.1. The number of fused-ring (bicyclic) bond motifs is 3. The van der Waals surface area contributed by atoms with Crippen LogP contribution in [-0.2, 0) is 0 Å². The van der Waals surface area contributed by atoms with Crippen molar-refractivity contribution in [3.8, 4) is 0 Å². The van der Waals surface area contributed by atoms with Crippen molar-refractivity contribution in [1.29, 1.82) is 0 Å². The number of nitrogens with zero attached hydrogens (tertiary/aromatic N) is 1. The van der Waals surface area contributed by atoms with E-state index in [0.29, 0.717) is 0 Å². The first-order valence-corrected chi connectivity index (χ1v) is 7.08. The molecule has 0 atom stereocenters. The second kappa shape index (κ2) is 5.58. The molecule has 0 aliphatic rings. The zero-order chi connectivity index (χ0) is 14.8. The van der Waals surface area contributed by atoms with E-state index in [2.05, 4.69) is 35.4 Å². The Morgan fingerprint density at radius 1 is 1.05 bits per heavy atom. The molecule has 0 saturated heterocycles. The summed E-state index contributed by atoms with van der Waals surface area (Å²) in [5.74, 6) is 0. The second-order valence-electron chi connectivity index (χ2n) is 5.49. The molecule has 0 aliphatic heterocycles. The topological polar surface area (TPSA) is 48.1 Å². The normalized spacial score (nSPS) is 11.4. The maximum Gasteiger partial charge on any atom is 0.256 e. The lowest BCUT2D eigenvalue weighted by Crippen LogP contribution is -2.20. The van der Waals surface area contributed by atoms with Crippen LogP contribution in [0.15, 0.2) is 47.3 Å². The molecule has 3 rings (SSSR count). The molecule has 21 heavy (non-hydrogen) atoms. The molecule has 0 aliphatic carbocycles. The van der Waals surface area contributed by atoms with Gasteiger partial charge in [-0.2, -0.15) is 0 Å². The molecule has 2 N–H and O–H groups in total. The number of likely N-dealkylation sites (N-methyl/N-ethyl adjacent to an activating group) is 1. The van der Waals surface area contributed by atoms with Gasteiger partial charge >= 0.3 is 0 Å². The number of aromatic nitrogens is 1. The van der Waals surface area contributed by atoms with Crippen LogP contribution in [0, 0.1) is 0 Å². The largest absolute Gasteiger partial charge is 0.384 e. The number of hydrogen-bond donors (Lipinski definition) is 2. The number of pyridine rings is 1. The zero-order valence-electron chi connectivity index (χ0n) is 12.3. The molecule has 108 valence electrons. The van der Waals surface area contributed by atoms with Gasteiger partial charge in [-0.05, 0) is 43.7 Å². The monoisotopic (exact) mass is 281 g/mol. The number of hydrogen-bond acceptors (Lipinski definition) is 3. The smallest absolute Gasteiger partial charge is 0.256 e. The Bertz CT molecular complexity index is 836. The lowest BCUT2D eigenvalue weighted by atomic mass is 10.1. The quantitative estimate of drug-likeness (QED) is 0.723. The van der Waals surface area contributed by atoms with Gasteiger partial charge in [-0.25, -0.2) is 0 Å². The summed E-state index contributed by atoms with van der Waals surface area (Å²) in [5, 5.41) is 6.21. The minimum absolute atomic E-state index is 0.0357. The molecule has 4 heteroatoms. The van der Waals surface area contributed by atoms with Crippen LogP contribution < -0.4 is 10.9 Å². The van der Waals surface area contributed by atoms with Crippen LogP contribution in [0.2, 0.25) is 0 Å². The van der Waals surface area contributed by atoms with Crippen LogP contribution in [0.3, 0.4) is 0 Å². The number of rotatable bonds is 4. The van der Waals surface area contributed by atoms with E-state index in [1.807, 2.05) is 36.4 Å². The molecule has 0 spiro atoms. The summed E-state index contributed by atoms with van der Waals surface area (Å²) >= 11 is 0. The summed E-state index contributed by atoms with van der Waals surface area (Å²) in [5.41, 5.74) is 1.91. The summed E-state index contributed by atoms with van der Waals surface area (Å²) in [4.78, 5) is 17.1. The van der Waals surface area contributed by atoms with E-state index in [0.717, 1.165) is 40.5 Å². The van der Waals surface area contributed by atoms with Gasteiger partial charge in [0.1, 0.15) is 0 Å². The third-order valence-corrected chi connectivity index (χ3v) is 3.62. The average Bonchev–Trinajstić information content (AvgIpc) is 2.48. The Morgan fingerprint density at radius 2 is 1.81 bits per heavy atom. The molecular formula is C17H19N3O. The van der Waals surface area contributed by atoms with Gasteiger partial charge in [0.2, 0.25) is 0 Å². The van der Waals surface area contributed by atoms with Crippen molar-refractivity contribution in [2.45, 2.75) is 0 Å². The molecule has 1 aromatic heterocycles. The van der Waals surface area contributed by atoms with Crippen molar-refractivity contribution >= 4 is 27.4 Å². The summed E-state index contributed by atoms with van der Waals surface area (Å²) in [6.07, 6.45) is 0. The zero-order valence-corrected chi connectivity index (χ0v) is 12.3. The fraction of sp³-hybridized carbons (Fsp3) is 0.235. The van der Waals surface area contributed by atoms with E-state index >= 15 is 0 Å². The second-order valence-corrected chi connectivity index (χ2v) is 5.49. The third kappa shape index (κ3) is 2.76. The van der Waals surface area contributed by atoms with Crippen molar-refractivity contribution in [3.05, 3.63) is 52.8 Å². The predicted molar refractivity (Wildman–Crippen MR) is 89.1 cm³/mol. The van der Waals surface area contributed by atoms with Gasteiger partial charge < -0.3 is 15.2 Å². The molecule has 1 heterocycles. The Kier molecular flexibility index (Phi) is 3.62. The molecule has 4 nitrogen and oxygen atoms in total. The maximum atomic E-state index is 12.0. The van der Waals surface area contributed by atoms with Crippen molar-refractivity contribution in [3.63, 3.8) is 0 Å². The Balaban J connectivity index is 2.06. The van der Waals surface area contributed by atoms with Crippen LogP contribution in [-0.4, -0.2) is 37.1 Å². The molecule has 0 unspecified atom stereocenters. The summed E-state index contributed by atoms with van der Waals surface area (Å²) in [6, 6.07) is 13.8. The third-order valence-electron chi connectivity index (χ3n) is 3.62. The van der Waals surface area contributed by atoms with E-state index < -0.39 is 0 Å². The molecular weight excluding hydrogens is 262 g/mol. The van der Waals surface area contributed by atoms with Crippen molar-refractivity contribution < 1.29 is 0 Å². The maximum absolute atomic E-state index is 12.0. The number of aromatic amines is 1. The Hall–Kier alpha value is -2.33. The van der Waals surface area contributed by atoms with E-state index in [-0.39, 0.29) is 5.56 Å². The highest BCUT2D eigenvalue weighted by molar-refractivity contribution is 6.06. The van der Waals surface area contributed by atoms with Gasteiger partial charge in [0.25, 0.3) is 5.56 Å². The van der Waals surface area contributed by atoms with Crippen molar-refractivity contribution in [2.75, 3.05) is 32.5 Å². The van der Waals surface area contributed by atoms with Crippen LogP contribution in [0.1, 0.15) is 0 Å². The van der Waals surface area contributed by atoms with Gasteiger partial charge in [-0.15, -0.1) is 0 Å². The molecule has 2 aromatic carbocycles. The number of nitrogens with one attached hydrogen (secondary N) is 2. The van der Waals surface area contributed by atoms with Crippen LogP contribution >= 0.6 is 0 Å². The molecule has 0 bridgehead atoms. The Morgan fingerprint density at radius 3 is 2.57 bits per heavy atom. The van der Waals surface area contributed by atoms with Gasteiger partial charge in [-0.1, -0.05) is 18.2 Å². The minimum atomic E-state index is -0.0357. The number of anilines is 1. The predicted octanol–water partition coefficient (Wildman–Crippen LogP) is 2.65. The summed E-state index contributed by atoms with van der Waals surface area (Å²) in [7, 11) is 4.11. The first-order valence-electron chi connectivity index (χ1n) is 7.08. The van der Waals surface area contributed by atoms with E-state index in [1.165, 1.54) is 0 Å². The van der Waals surface area contributed by atoms with Gasteiger partial charge in [-0.3, -0.25) is 4.79 Å². The lowest BCUT2D eigenvalue weighted by molar-refractivity contribution is 0.425. The SMILES string of the molecule is CN(C)CCNc1ccc2[nH]c(=O)c3ccccc3c2c1. The molecule has 0 radical (unpaired) electrons. The van der Waals surface area contributed by atoms with E-state index in [9.17, 15) is 4.79 Å². The van der Waals surface area contributed by atoms with Crippen molar-refractivity contribution in [1.82, 2.24) is 9.88 Å². The molecule has 0 saturated carbocycles. The highest BCUT2D eigenvalue weighted by Gasteiger charge is 2.05. The van der Waals surface area contributed by atoms with Gasteiger partial charge in [0.15, 0.2) is 0 Å². The van der Waals surface area contributed by atoms with Crippen LogP contribution in [0.4, 0.5) is 5.69 Å². The summed E-state index contributed by atoms with van der Waals surface area (Å²) < 4.78 is 0. The standard InChI is InChI=1S/C17H19N3O/c1-20(2)10-9-18-12-7-8-16-15(11-12)13-5-3-4-6-14(13)17(21)19-16/h3-8,11,18H,9-10H2,1-2H3,(H,19,21). The van der Waals surface area contributed by atoms with Gasteiger partial charge in [0, 0.05) is 35.1 Å². The van der Waals surface area contributed by atoms with E-state index in [1.54, 1.807) is 0 Å². The Labute approximate surface area is 123 Å².